The van der Waals surface area contributed by atoms with Crippen LogP contribution in [0.3, 0.4) is 0 Å². The lowest BCUT2D eigenvalue weighted by molar-refractivity contribution is 0.0767. The van der Waals surface area contributed by atoms with Gasteiger partial charge in [0.1, 0.15) is 0 Å². The molecule has 0 spiro atoms. The van der Waals surface area contributed by atoms with E-state index >= 15 is 0 Å². The third-order valence-electron chi connectivity index (χ3n) is 7.13. The molecule has 0 saturated heterocycles. The van der Waals surface area contributed by atoms with Crippen LogP contribution in [0.2, 0.25) is 0 Å². The number of benzene rings is 1. The Kier molecular flexibility index (Phi) is 17.1. The van der Waals surface area contributed by atoms with Crippen LogP contribution >= 0.6 is 0 Å². The molecule has 1 rings (SSSR count). The van der Waals surface area contributed by atoms with Crippen molar-refractivity contribution in [1.82, 2.24) is 19.6 Å². The molecule has 6 heteroatoms. The minimum absolute atomic E-state index is 0.00560. The number of hydrogen-bond acceptors (Lipinski definition) is 4. The van der Waals surface area contributed by atoms with E-state index in [1.807, 2.05) is 14.1 Å². The summed E-state index contributed by atoms with van der Waals surface area (Å²) in [4.78, 5) is 34.2. The first-order valence-corrected chi connectivity index (χ1v) is 14.4. The normalized spacial score (nSPS) is 11.3. The van der Waals surface area contributed by atoms with Gasteiger partial charge >= 0.3 is 0 Å². The predicted molar refractivity (Wildman–Crippen MR) is 153 cm³/mol. The fraction of sp³-hybridized carbons (Fsp3) is 0.733. The molecule has 0 aliphatic heterocycles. The monoisotopic (exact) mass is 502 g/mol. The molecule has 0 saturated carbocycles. The second-order valence-corrected chi connectivity index (χ2v) is 10.0. The van der Waals surface area contributed by atoms with Crippen LogP contribution in [0.15, 0.2) is 24.3 Å². The molecule has 2 amide bonds. The fourth-order valence-electron chi connectivity index (χ4n) is 4.36. The second kappa shape index (κ2) is 19.2. The highest BCUT2D eigenvalue weighted by Gasteiger charge is 2.16. The SMILES string of the molecule is CCCCCCN(CC)CCN(C)C(=O)c1ccc(C(=O)N(C)CCN(CC)CCCCCC)cc1. The quantitative estimate of drug-likeness (QED) is 0.217. The average molecular weight is 503 g/mol. The van der Waals surface area contributed by atoms with Gasteiger partial charge in [0.2, 0.25) is 0 Å². The first-order chi connectivity index (χ1) is 17.4. The number of rotatable bonds is 20. The summed E-state index contributed by atoms with van der Waals surface area (Å²) < 4.78 is 0. The van der Waals surface area contributed by atoms with Crippen molar-refractivity contribution in [1.29, 1.82) is 0 Å². The Morgan fingerprint density at radius 3 is 1.19 bits per heavy atom. The molecule has 0 radical (unpaired) electrons. The van der Waals surface area contributed by atoms with Crippen molar-refractivity contribution in [2.24, 2.45) is 0 Å². The van der Waals surface area contributed by atoms with Gasteiger partial charge in [-0.05, 0) is 63.3 Å². The summed E-state index contributed by atoms with van der Waals surface area (Å²) in [6.45, 7) is 16.2. The third kappa shape index (κ3) is 12.4. The lowest BCUT2D eigenvalue weighted by Gasteiger charge is -2.25. The average Bonchev–Trinajstić information content (AvgIpc) is 2.91. The van der Waals surface area contributed by atoms with Gasteiger partial charge < -0.3 is 19.6 Å². The van der Waals surface area contributed by atoms with Gasteiger partial charge in [-0.15, -0.1) is 0 Å². The summed E-state index contributed by atoms with van der Waals surface area (Å²) >= 11 is 0. The van der Waals surface area contributed by atoms with Crippen LogP contribution in [-0.4, -0.2) is 97.9 Å². The number of nitrogens with zero attached hydrogens (tertiary/aromatic N) is 4. The summed E-state index contributed by atoms with van der Waals surface area (Å²) in [7, 11) is 3.73. The zero-order chi connectivity index (χ0) is 26.8. The summed E-state index contributed by atoms with van der Waals surface area (Å²) in [6.07, 6.45) is 10.1. The highest BCUT2D eigenvalue weighted by molar-refractivity contribution is 5.97. The molecule has 0 bridgehead atoms. The van der Waals surface area contributed by atoms with E-state index in [0.29, 0.717) is 24.2 Å². The molecule has 0 N–H and O–H groups in total. The van der Waals surface area contributed by atoms with Gasteiger partial charge in [0.25, 0.3) is 11.8 Å². The Morgan fingerprint density at radius 2 is 0.889 bits per heavy atom. The predicted octanol–water partition coefficient (Wildman–Crippen LogP) is 5.64. The molecule has 0 heterocycles. The van der Waals surface area contributed by atoms with Crippen molar-refractivity contribution in [3.8, 4) is 0 Å². The molecule has 0 aromatic heterocycles. The fourth-order valence-corrected chi connectivity index (χ4v) is 4.36. The Bertz CT molecular complexity index is 661. The van der Waals surface area contributed by atoms with Crippen LogP contribution in [0, 0.1) is 0 Å². The van der Waals surface area contributed by atoms with Crippen molar-refractivity contribution in [3.05, 3.63) is 35.4 Å². The molecule has 0 unspecified atom stereocenters. The van der Waals surface area contributed by atoms with Gasteiger partial charge in [-0.1, -0.05) is 66.2 Å². The van der Waals surface area contributed by atoms with E-state index in [2.05, 4.69) is 37.5 Å². The Labute approximate surface area is 222 Å². The molecular formula is C30H54N4O2. The van der Waals surface area contributed by atoms with E-state index in [1.165, 1.54) is 51.4 Å². The van der Waals surface area contributed by atoms with Crippen LogP contribution in [-0.2, 0) is 0 Å². The van der Waals surface area contributed by atoms with Gasteiger partial charge in [0.05, 0.1) is 0 Å². The molecule has 0 aliphatic carbocycles. The topological polar surface area (TPSA) is 47.1 Å². The van der Waals surface area contributed by atoms with E-state index in [4.69, 9.17) is 0 Å². The highest BCUT2D eigenvalue weighted by atomic mass is 16.2. The van der Waals surface area contributed by atoms with Crippen molar-refractivity contribution >= 4 is 11.8 Å². The van der Waals surface area contributed by atoms with Crippen molar-refractivity contribution in [2.45, 2.75) is 79.1 Å². The number of carbonyl (C=O) groups excluding carboxylic acids is 2. The molecule has 6 nitrogen and oxygen atoms in total. The molecule has 0 atom stereocenters. The Balaban J connectivity index is 2.52. The smallest absolute Gasteiger partial charge is 0.253 e. The van der Waals surface area contributed by atoms with Crippen molar-refractivity contribution in [3.63, 3.8) is 0 Å². The molecule has 1 aromatic carbocycles. The van der Waals surface area contributed by atoms with E-state index in [1.54, 1.807) is 34.1 Å². The highest BCUT2D eigenvalue weighted by Crippen LogP contribution is 2.10. The number of likely N-dealkylation sites (N-methyl/N-ethyl adjacent to an activating group) is 4. The number of carbonyl (C=O) groups is 2. The summed E-state index contributed by atoms with van der Waals surface area (Å²) in [6, 6.07) is 7.14. The summed E-state index contributed by atoms with van der Waals surface area (Å²) in [5.41, 5.74) is 1.26. The zero-order valence-corrected chi connectivity index (χ0v) is 24.2. The lowest BCUT2D eigenvalue weighted by atomic mass is 10.1. The first kappa shape index (κ1) is 32.1. The van der Waals surface area contributed by atoms with E-state index < -0.39 is 0 Å². The Morgan fingerprint density at radius 1 is 0.528 bits per heavy atom. The first-order valence-electron chi connectivity index (χ1n) is 14.4. The van der Waals surface area contributed by atoms with Gasteiger partial charge in [-0.3, -0.25) is 9.59 Å². The van der Waals surface area contributed by atoms with Crippen LogP contribution in [0.4, 0.5) is 0 Å². The summed E-state index contributed by atoms with van der Waals surface area (Å²) in [5, 5.41) is 0. The van der Waals surface area contributed by atoms with Crippen molar-refractivity contribution < 1.29 is 9.59 Å². The van der Waals surface area contributed by atoms with E-state index in [9.17, 15) is 9.59 Å². The van der Waals surface area contributed by atoms with Gasteiger partial charge in [-0.2, -0.15) is 0 Å². The van der Waals surface area contributed by atoms with Gasteiger partial charge in [0.15, 0.2) is 0 Å². The molecule has 0 fully saturated rings. The standard InChI is InChI=1S/C30H54N4O2/c1-7-11-13-15-21-33(9-3)25-23-31(5)29(35)27-17-19-28(20-18-27)30(36)32(6)24-26-34(10-4)22-16-14-12-8-2/h17-20H,7-16,21-26H2,1-6H3. The second-order valence-electron chi connectivity index (χ2n) is 10.0. The molecule has 1 aromatic rings. The maximum atomic E-state index is 12.9. The third-order valence-corrected chi connectivity index (χ3v) is 7.13. The van der Waals surface area contributed by atoms with Crippen LogP contribution in [0.25, 0.3) is 0 Å². The van der Waals surface area contributed by atoms with Crippen LogP contribution in [0.5, 0.6) is 0 Å². The molecular weight excluding hydrogens is 448 g/mol. The molecule has 0 aliphatic rings. The summed E-state index contributed by atoms with van der Waals surface area (Å²) in [5.74, 6) is 0.0112. The molecule has 36 heavy (non-hydrogen) atoms. The van der Waals surface area contributed by atoms with Gasteiger partial charge in [-0.25, -0.2) is 0 Å². The van der Waals surface area contributed by atoms with Crippen molar-refractivity contribution in [2.75, 3.05) is 66.5 Å². The molecule has 206 valence electrons. The van der Waals surface area contributed by atoms with E-state index in [-0.39, 0.29) is 11.8 Å². The Hall–Kier alpha value is -1.92. The zero-order valence-electron chi connectivity index (χ0n) is 24.2. The van der Waals surface area contributed by atoms with E-state index in [0.717, 1.165) is 39.3 Å². The number of hydrogen-bond donors (Lipinski definition) is 0. The van der Waals surface area contributed by atoms with Crippen LogP contribution in [0.1, 0.15) is 99.8 Å². The van der Waals surface area contributed by atoms with Crippen LogP contribution < -0.4 is 0 Å². The number of amides is 2. The minimum atomic E-state index is 0.00560. The maximum Gasteiger partial charge on any atom is 0.253 e. The largest absolute Gasteiger partial charge is 0.340 e. The lowest BCUT2D eigenvalue weighted by Crippen LogP contribution is -2.37. The van der Waals surface area contributed by atoms with Gasteiger partial charge in [0, 0.05) is 51.4 Å². The minimum Gasteiger partial charge on any atom is -0.340 e. The number of unbranched alkanes of at least 4 members (excludes halogenated alkanes) is 6. The maximum absolute atomic E-state index is 12.9.